The van der Waals surface area contributed by atoms with Gasteiger partial charge in [0.2, 0.25) is 5.54 Å². The molecule has 100 valence electrons. The van der Waals surface area contributed by atoms with Crippen molar-refractivity contribution in [1.82, 2.24) is 9.50 Å². The van der Waals surface area contributed by atoms with Gasteiger partial charge in [0.15, 0.2) is 6.20 Å². The largest absolute Gasteiger partial charge is 0.254 e. The number of nitrogens with zero attached hydrogens (tertiary/aromatic N) is 3. The third-order valence-electron chi connectivity index (χ3n) is 4.92. The van der Waals surface area contributed by atoms with E-state index < -0.39 is 0 Å². The predicted octanol–water partition coefficient (Wildman–Crippen LogP) is 3.32. The van der Waals surface area contributed by atoms with Gasteiger partial charge >= 0.3 is 0 Å². The predicted molar refractivity (Wildman–Crippen MR) is 80.5 cm³/mol. The standard InChI is InChI=1S/C17H18N3/c1-4-17(5-2)12(3)14-8-10-18-15-7-6-13-9-11-19(17)20(13)16(14)15/h6-11H,3-5H2,1-2H3/q+1. The number of allylic oxidation sites excluding steroid dienone is 1. The van der Waals surface area contributed by atoms with Gasteiger partial charge in [-0.2, -0.15) is 0 Å². The average Bonchev–Trinajstić information content (AvgIpc) is 2.93. The Morgan fingerprint density at radius 3 is 2.75 bits per heavy atom. The molecule has 0 amide bonds. The number of hydrogen-bond donors (Lipinski definition) is 0. The summed E-state index contributed by atoms with van der Waals surface area (Å²) < 4.78 is 4.65. The van der Waals surface area contributed by atoms with Gasteiger partial charge in [0.1, 0.15) is 11.0 Å². The fraction of sp³-hybridized carbons (Fsp3) is 0.294. The zero-order chi connectivity index (χ0) is 13.9. The second-order valence-corrected chi connectivity index (χ2v) is 5.54. The first-order valence-corrected chi connectivity index (χ1v) is 7.24. The van der Waals surface area contributed by atoms with Crippen molar-refractivity contribution >= 4 is 22.1 Å². The van der Waals surface area contributed by atoms with Crippen LogP contribution in [0.5, 0.6) is 0 Å². The summed E-state index contributed by atoms with van der Waals surface area (Å²) in [6.45, 7) is 8.92. The van der Waals surface area contributed by atoms with Gasteiger partial charge < -0.3 is 0 Å². The summed E-state index contributed by atoms with van der Waals surface area (Å²) in [6.07, 6.45) is 6.15. The minimum atomic E-state index is -0.0327. The molecule has 0 unspecified atom stereocenters. The molecule has 4 rings (SSSR count). The maximum absolute atomic E-state index is 4.51. The highest BCUT2D eigenvalue weighted by molar-refractivity contribution is 5.91. The quantitative estimate of drug-likeness (QED) is 0.651. The van der Waals surface area contributed by atoms with Gasteiger partial charge in [0.05, 0.1) is 5.52 Å². The second-order valence-electron chi connectivity index (χ2n) is 5.54. The number of aromatic nitrogens is 3. The lowest BCUT2D eigenvalue weighted by Crippen LogP contribution is -2.61. The van der Waals surface area contributed by atoms with Crippen LogP contribution in [0.25, 0.3) is 22.1 Å². The van der Waals surface area contributed by atoms with Gasteiger partial charge in [-0.1, -0.05) is 20.4 Å². The van der Waals surface area contributed by atoms with Crippen molar-refractivity contribution in [3.05, 3.63) is 48.8 Å². The van der Waals surface area contributed by atoms with Crippen LogP contribution in [0.3, 0.4) is 0 Å². The molecule has 0 aromatic carbocycles. The smallest absolute Gasteiger partial charge is 0.216 e. The molecular formula is C17H18N3+. The van der Waals surface area contributed by atoms with Crippen molar-refractivity contribution in [2.45, 2.75) is 32.2 Å². The summed E-state index contributed by atoms with van der Waals surface area (Å²) >= 11 is 0. The second kappa shape index (κ2) is 3.69. The van der Waals surface area contributed by atoms with Crippen LogP contribution < -0.4 is 4.68 Å². The Morgan fingerprint density at radius 2 is 2.00 bits per heavy atom. The molecule has 0 aliphatic carbocycles. The number of rotatable bonds is 2. The highest BCUT2D eigenvalue weighted by atomic mass is 15.4. The van der Waals surface area contributed by atoms with Crippen LogP contribution in [0.1, 0.15) is 32.3 Å². The minimum Gasteiger partial charge on any atom is -0.254 e. The Hall–Kier alpha value is -2.16. The van der Waals surface area contributed by atoms with Gasteiger partial charge in [-0.3, -0.25) is 4.98 Å². The fourth-order valence-electron chi connectivity index (χ4n) is 3.72. The Kier molecular flexibility index (Phi) is 2.15. The molecule has 0 atom stereocenters. The van der Waals surface area contributed by atoms with E-state index in [0.29, 0.717) is 0 Å². The van der Waals surface area contributed by atoms with Crippen molar-refractivity contribution in [1.29, 1.82) is 0 Å². The van der Waals surface area contributed by atoms with E-state index in [0.717, 1.165) is 18.4 Å². The van der Waals surface area contributed by atoms with Gasteiger partial charge in [-0.05, 0) is 18.2 Å². The van der Waals surface area contributed by atoms with Gasteiger partial charge in [-0.25, -0.2) is 0 Å². The molecule has 0 saturated carbocycles. The van der Waals surface area contributed by atoms with Gasteiger partial charge in [0, 0.05) is 36.2 Å². The van der Waals surface area contributed by atoms with Crippen molar-refractivity contribution in [3.63, 3.8) is 0 Å². The molecule has 3 heteroatoms. The summed E-state index contributed by atoms with van der Waals surface area (Å²) in [7, 11) is 0. The molecular weight excluding hydrogens is 246 g/mol. The molecule has 20 heavy (non-hydrogen) atoms. The SMILES string of the molecule is C=C1c2ccnc3ccc4cc[n+](n4c23)C1(CC)CC. The van der Waals surface area contributed by atoms with Crippen molar-refractivity contribution in [2.24, 2.45) is 0 Å². The summed E-state index contributed by atoms with van der Waals surface area (Å²) in [5.41, 5.74) is 5.83. The molecule has 0 N–H and O–H groups in total. The first-order chi connectivity index (χ1) is 9.73. The van der Waals surface area contributed by atoms with Crippen LogP contribution in [0.2, 0.25) is 0 Å². The molecule has 3 nitrogen and oxygen atoms in total. The Balaban J connectivity index is 2.30. The van der Waals surface area contributed by atoms with E-state index in [9.17, 15) is 0 Å². The molecule has 3 aromatic rings. The highest BCUT2D eigenvalue weighted by Gasteiger charge is 2.46. The van der Waals surface area contributed by atoms with Gasteiger partial charge in [-0.15, -0.1) is 9.20 Å². The molecule has 0 fully saturated rings. The first kappa shape index (κ1) is 11.6. The Morgan fingerprint density at radius 1 is 1.20 bits per heavy atom. The number of hydrogen-bond acceptors (Lipinski definition) is 1. The zero-order valence-electron chi connectivity index (χ0n) is 11.9. The van der Waals surface area contributed by atoms with Crippen LogP contribution in [0.4, 0.5) is 0 Å². The van der Waals surface area contributed by atoms with Crippen LogP contribution >= 0.6 is 0 Å². The van der Waals surface area contributed by atoms with E-state index in [1.165, 1.54) is 22.2 Å². The van der Waals surface area contributed by atoms with E-state index in [1.54, 1.807) is 0 Å². The summed E-state index contributed by atoms with van der Waals surface area (Å²) in [6, 6.07) is 8.51. The van der Waals surface area contributed by atoms with Crippen molar-refractivity contribution in [3.8, 4) is 0 Å². The van der Waals surface area contributed by atoms with E-state index in [4.69, 9.17) is 0 Å². The van der Waals surface area contributed by atoms with E-state index in [1.807, 2.05) is 6.20 Å². The monoisotopic (exact) mass is 264 g/mol. The Labute approximate surface area is 118 Å². The topological polar surface area (TPSA) is 21.2 Å². The third-order valence-corrected chi connectivity index (χ3v) is 4.92. The lowest BCUT2D eigenvalue weighted by molar-refractivity contribution is -0.807. The molecule has 1 aliphatic heterocycles. The molecule has 0 spiro atoms. The summed E-state index contributed by atoms with van der Waals surface area (Å²) in [5, 5.41) is 0. The van der Waals surface area contributed by atoms with E-state index >= 15 is 0 Å². The third kappa shape index (κ3) is 1.12. The maximum Gasteiger partial charge on any atom is 0.216 e. The summed E-state index contributed by atoms with van der Waals surface area (Å²) in [4.78, 5) is 4.51. The molecule has 0 saturated heterocycles. The van der Waals surface area contributed by atoms with Crippen LogP contribution in [0.15, 0.2) is 43.2 Å². The van der Waals surface area contributed by atoms with Crippen LogP contribution in [-0.4, -0.2) is 9.50 Å². The molecule has 4 heterocycles. The van der Waals surface area contributed by atoms with Crippen LogP contribution in [0, 0.1) is 0 Å². The van der Waals surface area contributed by atoms with Gasteiger partial charge in [0.25, 0.3) is 0 Å². The van der Waals surface area contributed by atoms with E-state index in [-0.39, 0.29) is 5.54 Å². The van der Waals surface area contributed by atoms with E-state index in [2.05, 4.69) is 65.1 Å². The molecule has 3 aromatic heterocycles. The van der Waals surface area contributed by atoms with Crippen molar-refractivity contribution < 1.29 is 4.68 Å². The average molecular weight is 264 g/mol. The molecule has 0 radical (unpaired) electrons. The highest BCUT2D eigenvalue weighted by Crippen LogP contribution is 2.40. The lowest BCUT2D eigenvalue weighted by Gasteiger charge is -2.31. The number of pyridine rings is 2. The minimum absolute atomic E-state index is 0.0327. The molecule has 0 bridgehead atoms. The first-order valence-electron chi connectivity index (χ1n) is 7.24. The normalized spacial score (nSPS) is 16.4. The molecule has 1 aliphatic rings. The Bertz CT molecular complexity index is 853. The van der Waals surface area contributed by atoms with Crippen molar-refractivity contribution in [2.75, 3.05) is 0 Å². The lowest BCUT2D eigenvalue weighted by atomic mass is 9.80. The zero-order valence-corrected chi connectivity index (χ0v) is 11.9. The fourth-order valence-corrected chi connectivity index (χ4v) is 3.72. The summed E-state index contributed by atoms with van der Waals surface area (Å²) in [5.74, 6) is 0. The van der Waals surface area contributed by atoms with Crippen LogP contribution in [-0.2, 0) is 5.54 Å². The maximum atomic E-state index is 4.51.